The van der Waals surface area contributed by atoms with Crippen LogP contribution in [0.3, 0.4) is 0 Å². The molecule has 0 unspecified atom stereocenters. The van der Waals surface area contributed by atoms with Crippen molar-refractivity contribution >= 4 is 18.1 Å². The molecule has 0 nitrogen and oxygen atoms in total. The maximum atomic E-state index is 4.08. The Balaban J connectivity index is -0.00000000500. The summed E-state index contributed by atoms with van der Waals surface area (Å²) in [4.78, 5) is 0. The molecule has 0 N–H and O–H groups in total. The van der Waals surface area contributed by atoms with Gasteiger partial charge in [-0.25, -0.2) is 0 Å². The summed E-state index contributed by atoms with van der Waals surface area (Å²) in [6.45, 7) is 0. The van der Waals surface area contributed by atoms with Gasteiger partial charge < -0.3 is 18.1 Å². The van der Waals surface area contributed by atoms with Crippen molar-refractivity contribution in [2.24, 2.45) is 0 Å². The fraction of sp³-hybridized carbons (Fsp3) is 0. The third kappa shape index (κ3) is 9.81. The van der Waals surface area contributed by atoms with Crippen molar-refractivity contribution in [1.82, 2.24) is 0 Å². The molecular weight excluding hydrogens is 412 g/mol. The summed E-state index contributed by atoms with van der Waals surface area (Å²) in [6.07, 6.45) is 0. The van der Waals surface area contributed by atoms with Gasteiger partial charge in [0.2, 0.25) is 0 Å². The van der Waals surface area contributed by atoms with Gasteiger partial charge >= 0.3 is 0 Å². The van der Waals surface area contributed by atoms with Crippen molar-refractivity contribution in [3.05, 3.63) is 0 Å². The van der Waals surface area contributed by atoms with Crippen LogP contribution in [-0.2, 0) is 42.1 Å². The maximum absolute atomic E-state index is 4.08. The minimum absolute atomic E-state index is 0. The average molecular weight is 413 g/mol. The van der Waals surface area contributed by atoms with Crippen LogP contribution in [0.5, 0.6) is 0 Å². The van der Waals surface area contributed by atoms with Gasteiger partial charge in [-0.3, -0.25) is 0 Å². The Bertz CT molecular complexity index is 6.00. The molecule has 0 spiro atoms. The molecule has 0 saturated carbocycles. The Kier molecular flexibility index (Phi) is 112. The summed E-state index contributed by atoms with van der Waals surface area (Å²) in [5.74, 6) is 4.08. The molecule has 0 bridgehead atoms. The quantitative estimate of drug-likeness (QED) is 0.412. The zero-order chi connectivity index (χ0) is 2.00. The van der Waals surface area contributed by atoms with Crippen molar-refractivity contribution < 1.29 is 42.1 Å². The topological polar surface area (TPSA) is 0 Å². The molecule has 24 valence electrons. The molecule has 0 aromatic rings. The standard InChI is InChI=1S/CHS.2W/c1-2;;/h1H;;/q-1;;. The second kappa shape index (κ2) is 25.0. The third-order valence-corrected chi connectivity index (χ3v) is 0. The summed E-state index contributed by atoms with van der Waals surface area (Å²) in [5, 5.41) is 0. The van der Waals surface area contributed by atoms with Gasteiger partial charge in [0, 0.05) is 42.1 Å². The van der Waals surface area contributed by atoms with Crippen LogP contribution in [0.25, 0.3) is 0 Å². The summed E-state index contributed by atoms with van der Waals surface area (Å²) in [5.41, 5.74) is 0. The summed E-state index contributed by atoms with van der Waals surface area (Å²) in [7, 11) is 0. The molecule has 4 heavy (non-hydrogen) atoms. The zero-order valence-electron chi connectivity index (χ0n) is 1.80. The van der Waals surface area contributed by atoms with Gasteiger partial charge in [-0.15, -0.1) is 0 Å². The fourth-order valence-electron chi connectivity index (χ4n) is 0. The zero-order valence-corrected chi connectivity index (χ0v) is 8.49. The van der Waals surface area contributed by atoms with E-state index in [1.165, 1.54) is 0 Å². The Morgan fingerprint density at radius 2 is 1.00 bits per heavy atom. The van der Waals surface area contributed by atoms with E-state index in [-0.39, 0.29) is 42.1 Å². The van der Waals surface area contributed by atoms with Gasteiger partial charge in [-0.1, -0.05) is 0 Å². The number of rotatable bonds is 0. The van der Waals surface area contributed by atoms with Crippen LogP contribution in [0.15, 0.2) is 0 Å². The smallest absolute Gasteiger partial charge is 0 e. The molecule has 0 aromatic heterocycles. The molecule has 0 amide bonds. The fourth-order valence-corrected chi connectivity index (χ4v) is 0. The monoisotopic (exact) mass is 413 g/mol. The molecule has 0 aliphatic rings. The van der Waals surface area contributed by atoms with Crippen LogP contribution in [0.4, 0.5) is 0 Å². The van der Waals surface area contributed by atoms with Gasteiger partial charge in [0.15, 0.2) is 0 Å². The molecule has 0 aliphatic heterocycles. The molecule has 3 heteroatoms. The molecule has 0 atom stereocenters. The van der Waals surface area contributed by atoms with E-state index in [1.807, 2.05) is 0 Å². The van der Waals surface area contributed by atoms with Crippen LogP contribution in [-0.4, -0.2) is 5.87 Å². The van der Waals surface area contributed by atoms with Crippen LogP contribution >= 0.6 is 12.2 Å². The van der Waals surface area contributed by atoms with E-state index in [0.29, 0.717) is 0 Å². The molecule has 0 saturated heterocycles. The summed E-state index contributed by atoms with van der Waals surface area (Å²) < 4.78 is 0. The van der Waals surface area contributed by atoms with Gasteiger partial charge in [-0.05, 0) is 0 Å². The molecule has 0 aromatic carbocycles. The largest absolute Gasteiger partial charge is 0.442 e. The Hall–Kier alpha value is 1.47. The second-order valence-electron chi connectivity index (χ2n) is 0. The van der Waals surface area contributed by atoms with Crippen molar-refractivity contribution in [2.45, 2.75) is 0 Å². The second-order valence-corrected chi connectivity index (χ2v) is 0. The molecular formula is CHSW2-. The minimum atomic E-state index is 0. The van der Waals surface area contributed by atoms with E-state index in [4.69, 9.17) is 0 Å². The Morgan fingerprint density at radius 1 is 1.00 bits per heavy atom. The Morgan fingerprint density at radius 3 is 1.00 bits per heavy atom. The average Bonchev–Trinajstić information content (AvgIpc) is 1.00. The first-order chi connectivity index (χ1) is 1.00. The first kappa shape index (κ1) is 17.9. The van der Waals surface area contributed by atoms with Gasteiger partial charge in [0.1, 0.15) is 0 Å². The number of hydrogen-bond acceptors (Lipinski definition) is 1. The predicted molar refractivity (Wildman–Crippen MR) is 13.7 cm³/mol. The van der Waals surface area contributed by atoms with E-state index in [1.54, 1.807) is 0 Å². The maximum Gasteiger partial charge on any atom is 0 e. The first-order valence-corrected chi connectivity index (χ1v) is 0.707. The van der Waals surface area contributed by atoms with Crippen LogP contribution in [0.2, 0.25) is 0 Å². The SMILES string of the molecule is [CH-]=S.[W].[W]. The van der Waals surface area contributed by atoms with E-state index >= 15 is 0 Å². The van der Waals surface area contributed by atoms with E-state index in [0.717, 1.165) is 0 Å². The van der Waals surface area contributed by atoms with Crippen LogP contribution < -0.4 is 0 Å². The van der Waals surface area contributed by atoms with E-state index in [2.05, 4.69) is 18.1 Å². The first-order valence-electron chi connectivity index (χ1n) is 0.236. The van der Waals surface area contributed by atoms with Gasteiger partial charge in [0.25, 0.3) is 0 Å². The Labute approximate surface area is 59.9 Å². The van der Waals surface area contributed by atoms with Crippen molar-refractivity contribution in [2.75, 3.05) is 0 Å². The normalized spacial score (nSPS) is 1.00. The summed E-state index contributed by atoms with van der Waals surface area (Å²) >= 11 is 3.58. The molecule has 0 radical (unpaired) electrons. The van der Waals surface area contributed by atoms with Crippen molar-refractivity contribution in [3.63, 3.8) is 0 Å². The van der Waals surface area contributed by atoms with Crippen LogP contribution in [0, 0.1) is 0 Å². The summed E-state index contributed by atoms with van der Waals surface area (Å²) in [6, 6.07) is 0. The molecule has 0 rings (SSSR count). The third-order valence-electron chi connectivity index (χ3n) is 0. The molecule has 0 heterocycles. The van der Waals surface area contributed by atoms with Crippen molar-refractivity contribution in [3.8, 4) is 0 Å². The minimum Gasteiger partial charge on any atom is -0.442 e. The van der Waals surface area contributed by atoms with Crippen molar-refractivity contribution in [1.29, 1.82) is 0 Å². The van der Waals surface area contributed by atoms with Crippen LogP contribution in [0.1, 0.15) is 0 Å². The molecule has 0 aliphatic carbocycles. The molecule has 0 fully saturated rings. The number of hydrogen-bond donors (Lipinski definition) is 0. The predicted octanol–water partition coefficient (Wildman–Crippen LogP) is 0.488. The number of thiocarbonyl (C=S) groups is 1. The van der Waals surface area contributed by atoms with E-state index < -0.39 is 0 Å². The van der Waals surface area contributed by atoms with Gasteiger partial charge in [0.05, 0.1) is 0 Å². The van der Waals surface area contributed by atoms with E-state index in [9.17, 15) is 0 Å². The van der Waals surface area contributed by atoms with Gasteiger partial charge in [-0.2, -0.15) is 0 Å².